The normalized spacial score (nSPS) is 10.5. The number of aromatic nitrogens is 2. The van der Waals surface area contributed by atoms with Crippen molar-refractivity contribution < 1.29 is 0 Å². The smallest absolute Gasteiger partial charge is 0.129 e. The van der Waals surface area contributed by atoms with E-state index in [0.717, 1.165) is 30.9 Å². The molecule has 0 radical (unpaired) electrons. The van der Waals surface area contributed by atoms with E-state index in [1.54, 1.807) is 17.7 Å². The molecule has 0 aliphatic rings. The quantitative estimate of drug-likeness (QED) is 0.879. The van der Waals surface area contributed by atoms with Crippen LogP contribution in [-0.4, -0.2) is 9.97 Å². The van der Waals surface area contributed by atoms with Crippen molar-refractivity contribution in [2.45, 2.75) is 33.2 Å². The van der Waals surface area contributed by atoms with E-state index >= 15 is 0 Å². The van der Waals surface area contributed by atoms with Crippen molar-refractivity contribution >= 4 is 17.2 Å². The van der Waals surface area contributed by atoms with Crippen LogP contribution in [0.5, 0.6) is 0 Å². The first-order valence-electron chi connectivity index (χ1n) is 5.87. The van der Waals surface area contributed by atoms with E-state index in [1.165, 1.54) is 10.4 Å². The molecule has 0 amide bonds. The van der Waals surface area contributed by atoms with Crippen molar-refractivity contribution in [2.24, 2.45) is 0 Å². The van der Waals surface area contributed by atoms with Gasteiger partial charge in [-0.15, -0.1) is 11.3 Å². The molecule has 0 unspecified atom stereocenters. The third-order valence-electron chi connectivity index (χ3n) is 2.63. The summed E-state index contributed by atoms with van der Waals surface area (Å²) in [5.74, 6) is 0.913. The van der Waals surface area contributed by atoms with Crippen LogP contribution in [0.3, 0.4) is 0 Å². The first-order chi connectivity index (χ1) is 8.29. The van der Waals surface area contributed by atoms with E-state index in [1.807, 2.05) is 6.07 Å². The molecule has 0 aliphatic carbocycles. The molecule has 0 saturated carbocycles. The summed E-state index contributed by atoms with van der Waals surface area (Å²) in [5, 5.41) is 5.47. The number of thiophene rings is 1. The number of hydrogen-bond donors (Lipinski definition) is 1. The highest BCUT2D eigenvalue weighted by Gasteiger charge is 2.01. The van der Waals surface area contributed by atoms with Gasteiger partial charge in [0.1, 0.15) is 12.1 Å². The van der Waals surface area contributed by atoms with Gasteiger partial charge in [0.05, 0.1) is 6.54 Å². The fourth-order valence-corrected chi connectivity index (χ4v) is 2.49. The highest BCUT2D eigenvalue weighted by Crippen LogP contribution is 2.17. The van der Waals surface area contributed by atoms with Gasteiger partial charge < -0.3 is 5.32 Å². The summed E-state index contributed by atoms with van der Waals surface area (Å²) >= 11 is 1.78. The van der Waals surface area contributed by atoms with Crippen LogP contribution in [0.2, 0.25) is 0 Å². The lowest BCUT2D eigenvalue weighted by atomic mass is 10.2. The summed E-state index contributed by atoms with van der Waals surface area (Å²) in [6.45, 7) is 5.13. The van der Waals surface area contributed by atoms with Crippen molar-refractivity contribution in [3.05, 3.63) is 40.0 Å². The molecule has 4 heteroatoms. The molecule has 0 aliphatic heterocycles. The first-order valence-corrected chi connectivity index (χ1v) is 6.75. The number of nitrogens with zero attached hydrogens (tertiary/aromatic N) is 2. The minimum atomic E-state index is 0.839. The summed E-state index contributed by atoms with van der Waals surface area (Å²) in [6.07, 6.45) is 3.75. The second-order valence-electron chi connectivity index (χ2n) is 4.02. The lowest BCUT2D eigenvalue weighted by Gasteiger charge is -2.06. The summed E-state index contributed by atoms with van der Waals surface area (Å²) in [4.78, 5) is 9.84. The Kier molecular flexibility index (Phi) is 4.09. The van der Waals surface area contributed by atoms with Gasteiger partial charge in [0, 0.05) is 16.6 Å². The van der Waals surface area contributed by atoms with Crippen LogP contribution in [0.4, 0.5) is 5.82 Å². The van der Waals surface area contributed by atoms with Gasteiger partial charge in [0.15, 0.2) is 0 Å². The molecule has 0 aromatic carbocycles. The van der Waals surface area contributed by atoms with Gasteiger partial charge in [0.2, 0.25) is 0 Å². The fourth-order valence-electron chi connectivity index (χ4n) is 1.64. The number of hydrogen-bond acceptors (Lipinski definition) is 4. The number of nitrogens with one attached hydrogen (secondary N) is 1. The largest absolute Gasteiger partial charge is 0.365 e. The van der Waals surface area contributed by atoms with Crippen LogP contribution in [0.25, 0.3) is 0 Å². The minimum Gasteiger partial charge on any atom is -0.365 e. The van der Waals surface area contributed by atoms with E-state index < -0.39 is 0 Å². The predicted octanol–water partition coefficient (Wildman–Crippen LogP) is 3.41. The molecule has 2 heterocycles. The van der Waals surface area contributed by atoms with Crippen LogP contribution in [-0.2, 0) is 13.0 Å². The Morgan fingerprint density at radius 1 is 1.35 bits per heavy atom. The van der Waals surface area contributed by atoms with Crippen molar-refractivity contribution in [2.75, 3.05) is 5.32 Å². The van der Waals surface area contributed by atoms with Gasteiger partial charge in [-0.1, -0.05) is 13.3 Å². The van der Waals surface area contributed by atoms with Gasteiger partial charge >= 0.3 is 0 Å². The zero-order valence-corrected chi connectivity index (χ0v) is 11.0. The average Bonchev–Trinajstić information content (AvgIpc) is 2.73. The van der Waals surface area contributed by atoms with Crippen molar-refractivity contribution in [3.63, 3.8) is 0 Å². The Morgan fingerprint density at radius 3 is 2.94 bits per heavy atom. The Hall–Kier alpha value is -1.42. The molecule has 0 spiro atoms. The van der Waals surface area contributed by atoms with Crippen LogP contribution in [0.1, 0.15) is 29.5 Å². The number of aryl methyl sites for hydroxylation is 2. The van der Waals surface area contributed by atoms with Gasteiger partial charge in [-0.05, 0) is 30.4 Å². The van der Waals surface area contributed by atoms with Crippen LogP contribution in [0, 0.1) is 6.92 Å². The summed E-state index contributed by atoms with van der Waals surface area (Å²) in [7, 11) is 0. The zero-order valence-electron chi connectivity index (χ0n) is 10.2. The maximum Gasteiger partial charge on any atom is 0.129 e. The molecule has 2 aromatic rings. The molecule has 1 N–H and O–H groups in total. The van der Waals surface area contributed by atoms with Crippen LogP contribution >= 0.6 is 11.3 Å². The molecule has 0 atom stereocenters. The molecule has 90 valence electrons. The van der Waals surface area contributed by atoms with E-state index in [0.29, 0.717) is 0 Å². The van der Waals surface area contributed by atoms with Crippen LogP contribution in [0.15, 0.2) is 23.8 Å². The van der Waals surface area contributed by atoms with E-state index in [-0.39, 0.29) is 0 Å². The van der Waals surface area contributed by atoms with Gasteiger partial charge in [-0.3, -0.25) is 0 Å². The molecule has 2 rings (SSSR count). The lowest BCUT2D eigenvalue weighted by molar-refractivity contribution is 0.871. The number of anilines is 1. The van der Waals surface area contributed by atoms with E-state index in [2.05, 4.69) is 40.6 Å². The topological polar surface area (TPSA) is 37.8 Å². The maximum atomic E-state index is 4.24. The van der Waals surface area contributed by atoms with E-state index in [4.69, 9.17) is 0 Å². The second-order valence-corrected chi connectivity index (χ2v) is 5.03. The third kappa shape index (κ3) is 3.27. The Bertz CT molecular complexity index is 479. The molecule has 0 fully saturated rings. The third-order valence-corrected chi connectivity index (χ3v) is 3.65. The maximum absolute atomic E-state index is 4.24. The second kappa shape index (κ2) is 5.77. The Labute approximate surface area is 106 Å². The summed E-state index contributed by atoms with van der Waals surface area (Å²) in [6, 6.07) is 4.18. The molecule has 3 nitrogen and oxygen atoms in total. The Balaban J connectivity index is 1.99. The average molecular weight is 247 g/mol. The van der Waals surface area contributed by atoms with Gasteiger partial charge in [0.25, 0.3) is 0 Å². The fraction of sp³-hybridized carbons (Fsp3) is 0.385. The summed E-state index contributed by atoms with van der Waals surface area (Å²) < 4.78 is 0. The standard InChI is InChI=1S/C13H17N3S/c1-3-4-11-7-13(16-9-15-11)14-8-12-10(2)5-6-17-12/h5-7,9H,3-4,8H2,1-2H3,(H,14,15,16). The van der Waals surface area contributed by atoms with Crippen molar-refractivity contribution in [3.8, 4) is 0 Å². The van der Waals surface area contributed by atoms with Crippen molar-refractivity contribution in [1.82, 2.24) is 9.97 Å². The molecule has 2 aromatic heterocycles. The van der Waals surface area contributed by atoms with Gasteiger partial charge in [-0.25, -0.2) is 9.97 Å². The molecular formula is C13H17N3S. The van der Waals surface area contributed by atoms with E-state index in [9.17, 15) is 0 Å². The first kappa shape index (κ1) is 12.0. The molecule has 17 heavy (non-hydrogen) atoms. The monoisotopic (exact) mass is 247 g/mol. The Morgan fingerprint density at radius 2 is 2.24 bits per heavy atom. The zero-order chi connectivity index (χ0) is 12.1. The molecule has 0 saturated heterocycles. The summed E-state index contributed by atoms with van der Waals surface area (Å²) in [5.41, 5.74) is 2.44. The predicted molar refractivity (Wildman–Crippen MR) is 72.4 cm³/mol. The molecule has 0 bridgehead atoms. The van der Waals surface area contributed by atoms with Crippen molar-refractivity contribution in [1.29, 1.82) is 0 Å². The van der Waals surface area contributed by atoms with Crippen LogP contribution < -0.4 is 5.32 Å². The van der Waals surface area contributed by atoms with Gasteiger partial charge in [-0.2, -0.15) is 0 Å². The highest BCUT2D eigenvalue weighted by atomic mass is 32.1. The SMILES string of the molecule is CCCc1cc(NCc2sccc2C)ncn1. The highest BCUT2D eigenvalue weighted by molar-refractivity contribution is 7.10. The number of rotatable bonds is 5. The molecular weight excluding hydrogens is 230 g/mol. The minimum absolute atomic E-state index is 0.839. The lowest BCUT2D eigenvalue weighted by Crippen LogP contribution is -2.02.